The molecule has 0 aliphatic rings. The number of nitrogens with zero attached hydrogens (tertiary/aromatic N) is 1. The van der Waals surface area contributed by atoms with E-state index in [9.17, 15) is 0 Å². The largest absolute Gasteiger partial charge is 0.221 e. The summed E-state index contributed by atoms with van der Waals surface area (Å²) in [5.74, 6) is 0.765. The maximum absolute atomic E-state index is 4.44. The maximum Gasteiger partial charge on any atom is 0.0856 e. The molecular weight excluding hydrogens is 154 g/mol. The fourth-order valence-electron chi connectivity index (χ4n) is 0.913. The van der Waals surface area contributed by atoms with Crippen molar-refractivity contribution in [3.63, 3.8) is 0 Å². The number of rotatable bonds is 6. The van der Waals surface area contributed by atoms with Gasteiger partial charge in [-0.3, -0.25) is 0 Å². The molecule has 0 fully saturated rings. The van der Waals surface area contributed by atoms with Gasteiger partial charge < -0.3 is 0 Å². The van der Waals surface area contributed by atoms with Crippen LogP contribution in [0, 0.1) is 5.92 Å². The van der Waals surface area contributed by atoms with Gasteiger partial charge >= 0.3 is 0 Å². The van der Waals surface area contributed by atoms with Crippen molar-refractivity contribution in [2.75, 3.05) is 7.11 Å². The summed E-state index contributed by atoms with van der Waals surface area (Å²) in [6.07, 6.45) is 3.39. The monoisotopic (exact) mass is 173 g/mol. The Morgan fingerprint density at radius 2 is 2.08 bits per heavy atom. The van der Waals surface area contributed by atoms with E-state index in [2.05, 4.69) is 28.9 Å². The molecule has 0 bridgehead atoms. The highest BCUT2D eigenvalue weighted by Gasteiger charge is 1.96. The molecule has 0 atom stereocenters. The lowest BCUT2D eigenvalue weighted by atomic mass is 10.1. The third kappa shape index (κ3) is 7.54. The molecule has 0 spiro atoms. The van der Waals surface area contributed by atoms with E-state index in [1.54, 1.807) is 0 Å². The van der Waals surface area contributed by atoms with Crippen LogP contribution in [-0.4, -0.2) is 12.8 Å². The lowest BCUT2D eigenvalue weighted by Crippen LogP contribution is -1.95. The van der Waals surface area contributed by atoms with Gasteiger partial charge in [0.15, 0.2) is 0 Å². The van der Waals surface area contributed by atoms with Gasteiger partial charge in [0, 0.05) is 0 Å². The molecular formula is C9H19NO2. The molecule has 0 unspecified atom stereocenters. The molecule has 12 heavy (non-hydrogen) atoms. The first kappa shape index (κ1) is 11.4. The van der Waals surface area contributed by atoms with Gasteiger partial charge in [0.05, 0.1) is 12.8 Å². The minimum atomic E-state index is 0.765. The Labute approximate surface area is 74.7 Å². The summed E-state index contributed by atoms with van der Waals surface area (Å²) in [5.41, 5.74) is 0.984. The zero-order valence-corrected chi connectivity index (χ0v) is 8.46. The molecule has 3 heteroatoms. The third-order valence-corrected chi connectivity index (χ3v) is 1.59. The van der Waals surface area contributed by atoms with Crippen molar-refractivity contribution >= 4 is 5.71 Å². The van der Waals surface area contributed by atoms with Crippen LogP contribution >= 0.6 is 0 Å². The molecule has 0 aromatic heterocycles. The summed E-state index contributed by atoms with van der Waals surface area (Å²) in [7, 11) is 1.45. The van der Waals surface area contributed by atoms with E-state index in [1.165, 1.54) is 20.0 Å². The predicted octanol–water partition coefficient (Wildman–Crippen LogP) is 2.77. The smallest absolute Gasteiger partial charge is 0.0856 e. The molecule has 0 rings (SSSR count). The summed E-state index contributed by atoms with van der Waals surface area (Å²) in [4.78, 5) is 8.79. The van der Waals surface area contributed by atoms with E-state index >= 15 is 0 Å². The van der Waals surface area contributed by atoms with E-state index in [0.717, 1.165) is 18.1 Å². The van der Waals surface area contributed by atoms with E-state index in [-0.39, 0.29) is 0 Å². The maximum atomic E-state index is 4.44. The molecule has 0 aliphatic heterocycles. The van der Waals surface area contributed by atoms with Crippen LogP contribution in [0.5, 0.6) is 0 Å². The van der Waals surface area contributed by atoms with Gasteiger partial charge in [-0.25, -0.2) is 4.99 Å². The van der Waals surface area contributed by atoms with Crippen LogP contribution in [0.1, 0.15) is 40.0 Å². The van der Waals surface area contributed by atoms with Gasteiger partial charge in [-0.2, -0.15) is 4.89 Å². The Kier molecular flexibility index (Phi) is 6.76. The van der Waals surface area contributed by atoms with Crippen molar-refractivity contribution in [3.8, 4) is 0 Å². The Hall–Kier alpha value is -0.570. The molecule has 0 aliphatic carbocycles. The molecule has 3 nitrogen and oxygen atoms in total. The van der Waals surface area contributed by atoms with E-state index in [0.29, 0.717) is 0 Å². The van der Waals surface area contributed by atoms with Crippen LogP contribution in [0.15, 0.2) is 5.16 Å². The number of oxime groups is 1. The van der Waals surface area contributed by atoms with Crippen LogP contribution in [0.25, 0.3) is 0 Å². The first-order valence-electron chi connectivity index (χ1n) is 4.40. The zero-order valence-electron chi connectivity index (χ0n) is 8.46. The highest BCUT2D eigenvalue weighted by atomic mass is 17.3. The quantitative estimate of drug-likeness (QED) is 0.351. The predicted molar refractivity (Wildman–Crippen MR) is 49.9 cm³/mol. The fourth-order valence-corrected chi connectivity index (χ4v) is 0.913. The lowest BCUT2D eigenvalue weighted by Gasteiger charge is -2.02. The van der Waals surface area contributed by atoms with Crippen molar-refractivity contribution in [3.05, 3.63) is 0 Å². The Bertz CT molecular complexity index is 132. The van der Waals surface area contributed by atoms with Gasteiger partial charge in [0.1, 0.15) is 0 Å². The average molecular weight is 173 g/mol. The second kappa shape index (κ2) is 7.10. The summed E-state index contributed by atoms with van der Waals surface area (Å²) in [6.45, 7) is 6.38. The van der Waals surface area contributed by atoms with Crippen LogP contribution in [0.4, 0.5) is 0 Å². The molecule has 72 valence electrons. The highest BCUT2D eigenvalue weighted by molar-refractivity contribution is 5.81. The SMILES string of the molecule is COON=C(C)CCCC(C)C. The minimum Gasteiger partial charge on any atom is -0.221 e. The highest BCUT2D eigenvalue weighted by Crippen LogP contribution is 2.06. The Morgan fingerprint density at radius 1 is 1.42 bits per heavy atom. The van der Waals surface area contributed by atoms with Crippen LogP contribution in [0.3, 0.4) is 0 Å². The summed E-state index contributed by atoms with van der Waals surface area (Å²) in [6, 6.07) is 0. The molecule has 0 saturated carbocycles. The second-order valence-electron chi connectivity index (χ2n) is 3.35. The van der Waals surface area contributed by atoms with Gasteiger partial charge in [-0.05, 0) is 25.7 Å². The van der Waals surface area contributed by atoms with Gasteiger partial charge in [0.25, 0.3) is 0 Å². The first-order valence-corrected chi connectivity index (χ1v) is 4.40. The average Bonchev–Trinajstić information content (AvgIpc) is 2.00. The van der Waals surface area contributed by atoms with Crippen LogP contribution < -0.4 is 0 Å². The second-order valence-corrected chi connectivity index (χ2v) is 3.35. The van der Waals surface area contributed by atoms with Crippen molar-refractivity contribution in [1.29, 1.82) is 0 Å². The van der Waals surface area contributed by atoms with Gasteiger partial charge in [-0.15, -0.1) is 0 Å². The normalized spacial score (nSPS) is 12.2. The first-order chi connectivity index (χ1) is 5.66. The van der Waals surface area contributed by atoms with Crippen molar-refractivity contribution in [2.24, 2.45) is 11.1 Å². The molecule has 0 aromatic rings. The molecule has 0 aromatic carbocycles. The standard InChI is InChI=1S/C9H19NO2/c1-8(2)6-5-7-9(3)10-12-11-4/h8H,5-7H2,1-4H3. The summed E-state index contributed by atoms with van der Waals surface area (Å²) >= 11 is 0. The van der Waals surface area contributed by atoms with Crippen molar-refractivity contribution in [2.45, 2.75) is 40.0 Å². The van der Waals surface area contributed by atoms with Crippen molar-refractivity contribution in [1.82, 2.24) is 0 Å². The number of hydrogen-bond acceptors (Lipinski definition) is 3. The molecule has 0 saturated heterocycles. The van der Waals surface area contributed by atoms with E-state index < -0.39 is 0 Å². The Morgan fingerprint density at radius 3 is 2.58 bits per heavy atom. The number of hydrogen-bond donors (Lipinski definition) is 0. The van der Waals surface area contributed by atoms with Gasteiger partial charge in [-0.1, -0.05) is 25.4 Å². The summed E-state index contributed by atoms with van der Waals surface area (Å²) in [5, 5.41) is 3.73. The van der Waals surface area contributed by atoms with Crippen LogP contribution in [-0.2, 0) is 9.88 Å². The third-order valence-electron chi connectivity index (χ3n) is 1.59. The molecule has 0 heterocycles. The summed E-state index contributed by atoms with van der Waals surface area (Å²) < 4.78 is 0. The van der Waals surface area contributed by atoms with Gasteiger partial charge in [0.2, 0.25) is 0 Å². The van der Waals surface area contributed by atoms with Crippen molar-refractivity contribution < 1.29 is 9.88 Å². The zero-order chi connectivity index (χ0) is 9.40. The Balaban J connectivity index is 3.36. The van der Waals surface area contributed by atoms with E-state index in [1.807, 2.05) is 6.92 Å². The minimum absolute atomic E-state index is 0.765. The molecule has 0 amide bonds. The molecule has 0 N–H and O–H groups in total. The van der Waals surface area contributed by atoms with Crippen LogP contribution in [0.2, 0.25) is 0 Å². The lowest BCUT2D eigenvalue weighted by molar-refractivity contribution is -0.273. The van der Waals surface area contributed by atoms with E-state index in [4.69, 9.17) is 0 Å². The molecule has 0 radical (unpaired) electrons. The fraction of sp³-hybridized carbons (Fsp3) is 0.889. The topological polar surface area (TPSA) is 30.8 Å².